The van der Waals surface area contributed by atoms with Crippen LogP contribution in [0, 0.1) is 5.92 Å². The zero-order valence-corrected chi connectivity index (χ0v) is 11.4. The van der Waals surface area contributed by atoms with Gasteiger partial charge in [-0.05, 0) is 5.56 Å². The maximum atomic E-state index is 11.7. The molecule has 1 aliphatic rings. The van der Waals surface area contributed by atoms with Gasteiger partial charge in [0.2, 0.25) is 5.91 Å². The van der Waals surface area contributed by atoms with Gasteiger partial charge in [-0.2, -0.15) is 11.8 Å². The van der Waals surface area contributed by atoms with E-state index in [4.69, 9.17) is 0 Å². The molecule has 2 nitrogen and oxygen atoms in total. The van der Waals surface area contributed by atoms with Crippen molar-refractivity contribution >= 4 is 17.7 Å². The van der Waals surface area contributed by atoms with Crippen molar-refractivity contribution in [1.29, 1.82) is 0 Å². The highest BCUT2D eigenvalue weighted by molar-refractivity contribution is 7.98. The van der Waals surface area contributed by atoms with E-state index in [9.17, 15) is 4.79 Å². The summed E-state index contributed by atoms with van der Waals surface area (Å²) in [7, 11) is 0. The predicted octanol–water partition coefficient (Wildman–Crippen LogP) is 2.95. The van der Waals surface area contributed by atoms with E-state index in [0.717, 1.165) is 24.6 Å². The molecule has 1 atom stereocenters. The average Bonchev–Trinajstić information content (AvgIpc) is 2.77. The van der Waals surface area contributed by atoms with Crippen LogP contribution in [-0.2, 0) is 10.5 Å². The van der Waals surface area contributed by atoms with Crippen LogP contribution in [0.3, 0.4) is 0 Å². The quantitative estimate of drug-likeness (QED) is 0.579. The number of hydrogen-bond donors (Lipinski definition) is 0. The fourth-order valence-corrected chi connectivity index (χ4v) is 3.04. The minimum atomic E-state index is 0.278. The van der Waals surface area contributed by atoms with E-state index in [-0.39, 0.29) is 5.91 Å². The van der Waals surface area contributed by atoms with E-state index in [2.05, 4.69) is 30.8 Å². The third kappa shape index (κ3) is 3.64. The first-order valence-corrected chi connectivity index (χ1v) is 7.47. The molecule has 0 aliphatic carbocycles. The molecule has 1 aromatic rings. The van der Waals surface area contributed by atoms with Crippen molar-refractivity contribution in [3.05, 3.63) is 48.6 Å². The number of thioether (sulfide) groups is 1. The van der Waals surface area contributed by atoms with Crippen LogP contribution in [0.1, 0.15) is 12.0 Å². The van der Waals surface area contributed by atoms with Gasteiger partial charge in [0.25, 0.3) is 0 Å². The first-order chi connectivity index (χ1) is 8.79. The van der Waals surface area contributed by atoms with E-state index in [0.29, 0.717) is 12.3 Å². The summed E-state index contributed by atoms with van der Waals surface area (Å²) in [6.45, 7) is 5.48. The summed E-state index contributed by atoms with van der Waals surface area (Å²) in [4.78, 5) is 13.6. The summed E-state index contributed by atoms with van der Waals surface area (Å²) < 4.78 is 0. The molecule has 3 heteroatoms. The summed E-state index contributed by atoms with van der Waals surface area (Å²) in [5, 5.41) is 0. The van der Waals surface area contributed by atoms with Gasteiger partial charge in [0.1, 0.15) is 0 Å². The van der Waals surface area contributed by atoms with E-state index in [1.165, 1.54) is 5.56 Å². The van der Waals surface area contributed by atoms with Gasteiger partial charge in [0, 0.05) is 36.9 Å². The largest absolute Gasteiger partial charge is 0.341 e. The molecule has 1 saturated heterocycles. The van der Waals surface area contributed by atoms with E-state index in [1.807, 2.05) is 28.8 Å². The van der Waals surface area contributed by atoms with Crippen LogP contribution in [0.5, 0.6) is 0 Å². The highest BCUT2D eigenvalue weighted by Crippen LogP contribution is 2.19. The Balaban J connectivity index is 1.67. The van der Waals surface area contributed by atoms with Gasteiger partial charge in [-0.25, -0.2) is 0 Å². The van der Waals surface area contributed by atoms with Crippen molar-refractivity contribution < 1.29 is 4.79 Å². The van der Waals surface area contributed by atoms with E-state index >= 15 is 0 Å². The lowest BCUT2D eigenvalue weighted by Gasteiger charge is -2.15. The third-order valence-corrected chi connectivity index (χ3v) is 4.20. The highest BCUT2D eigenvalue weighted by Gasteiger charge is 2.26. The molecular weight excluding hydrogens is 242 g/mol. The number of carbonyl (C=O) groups excluding carboxylic acids is 1. The summed E-state index contributed by atoms with van der Waals surface area (Å²) in [6.07, 6.45) is 2.54. The van der Waals surface area contributed by atoms with E-state index in [1.54, 1.807) is 0 Å². The third-order valence-electron chi connectivity index (χ3n) is 3.19. The summed E-state index contributed by atoms with van der Waals surface area (Å²) in [5.74, 6) is 2.66. The number of nitrogens with zero attached hydrogens (tertiary/aromatic N) is 1. The Hall–Kier alpha value is -1.22. The molecular formula is C15H19NOS. The Bertz CT molecular complexity index is 404. The average molecular weight is 261 g/mol. The molecule has 18 heavy (non-hydrogen) atoms. The number of hydrogen-bond acceptors (Lipinski definition) is 2. The van der Waals surface area contributed by atoms with Gasteiger partial charge >= 0.3 is 0 Å². The number of benzene rings is 1. The predicted molar refractivity (Wildman–Crippen MR) is 77.5 cm³/mol. The lowest BCUT2D eigenvalue weighted by molar-refractivity contribution is -0.127. The normalized spacial score (nSPS) is 19.2. The van der Waals surface area contributed by atoms with Crippen LogP contribution < -0.4 is 0 Å². The summed E-state index contributed by atoms with van der Waals surface area (Å²) in [6, 6.07) is 10.4. The van der Waals surface area contributed by atoms with Crippen molar-refractivity contribution in [2.75, 3.05) is 18.8 Å². The Labute approximate surface area is 113 Å². The molecule has 1 amide bonds. The van der Waals surface area contributed by atoms with E-state index < -0.39 is 0 Å². The van der Waals surface area contributed by atoms with Crippen molar-refractivity contribution in [2.45, 2.75) is 12.2 Å². The van der Waals surface area contributed by atoms with Gasteiger partial charge in [0.15, 0.2) is 0 Å². The van der Waals surface area contributed by atoms with Crippen molar-refractivity contribution in [1.82, 2.24) is 4.90 Å². The number of carbonyl (C=O) groups is 1. The second kappa shape index (κ2) is 6.64. The molecule has 2 rings (SSSR count). The molecule has 1 fully saturated rings. The molecule has 0 radical (unpaired) electrons. The fraction of sp³-hybridized carbons (Fsp3) is 0.400. The van der Waals surface area contributed by atoms with Gasteiger partial charge in [-0.3, -0.25) is 4.79 Å². The molecule has 0 aromatic heterocycles. The van der Waals surface area contributed by atoms with Crippen molar-refractivity contribution in [2.24, 2.45) is 5.92 Å². The van der Waals surface area contributed by atoms with Crippen LogP contribution in [0.2, 0.25) is 0 Å². The fourth-order valence-electron chi connectivity index (χ4n) is 2.12. The minimum Gasteiger partial charge on any atom is -0.341 e. The van der Waals surface area contributed by atoms with Gasteiger partial charge in [0.05, 0.1) is 0 Å². The zero-order valence-electron chi connectivity index (χ0n) is 10.5. The van der Waals surface area contributed by atoms with Gasteiger partial charge in [-0.15, -0.1) is 6.58 Å². The topological polar surface area (TPSA) is 20.3 Å². The molecule has 96 valence electrons. The molecule has 1 aliphatic heterocycles. The van der Waals surface area contributed by atoms with Crippen LogP contribution in [0.4, 0.5) is 0 Å². The van der Waals surface area contributed by atoms with Crippen molar-refractivity contribution in [3.63, 3.8) is 0 Å². The zero-order chi connectivity index (χ0) is 12.8. The Kier molecular flexibility index (Phi) is 4.88. The SMILES string of the molecule is C=CC1CC(=O)N(CCSCc2ccccc2)C1. The lowest BCUT2D eigenvalue weighted by Crippen LogP contribution is -2.27. The molecule has 1 aromatic carbocycles. The molecule has 0 N–H and O–H groups in total. The maximum absolute atomic E-state index is 11.7. The summed E-state index contributed by atoms with van der Waals surface area (Å²) >= 11 is 1.88. The Morgan fingerprint density at radius 3 is 2.83 bits per heavy atom. The second-order valence-electron chi connectivity index (χ2n) is 4.58. The van der Waals surface area contributed by atoms with Crippen LogP contribution in [0.15, 0.2) is 43.0 Å². The first kappa shape index (κ1) is 13.2. The number of likely N-dealkylation sites (tertiary alicyclic amines) is 1. The van der Waals surface area contributed by atoms with Crippen molar-refractivity contribution in [3.8, 4) is 0 Å². The highest BCUT2D eigenvalue weighted by atomic mass is 32.2. The Morgan fingerprint density at radius 2 is 2.17 bits per heavy atom. The first-order valence-electron chi connectivity index (χ1n) is 6.31. The molecule has 1 unspecified atom stereocenters. The maximum Gasteiger partial charge on any atom is 0.223 e. The monoisotopic (exact) mass is 261 g/mol. The van der Waals surface area contributed by atoms with Gasteiger partial charge < -0.3 is 4.90 Å². The molecule has 0 bridgehead atoms. The molecule has 0 saturated carbocycles. The van der Waals surface area contributed by atoms with Gasteiger partial charge in [-0.1, -0.05) is 36.4 Å². The lowest BCUT2D eigenvalue weighted by atomic mass is 10.1. The van der Waals surface area contributed by atoms with Crippen LogP contribution >= 0.6 is 11.8 Å². The van der Waals surface area contributed by atoms with Crippen LogP contribution in [0.25, 0.3) is 0 Å². The second-order valence-corrected chi connectivity index (χ2v) is 5.68. The number of amides is 1. The summed E-state index contributed by atoms with van der Waals surface area (Å²) in [5.41, 5.74) is 1.35. The number of rotatable bonds is 6. The minimum absolute atomic E-state index is 0.278. The van der Waals surface area contributed by atoms with Crippen LogP contribution in [-0.4, -0.2) is 29.6 Å². The standard InChI is InChI=1S/C15H19NOS/c1-2-13-10-15(17)16(11-13)8-9-18-12-14-6-4-3-5-7-14/h2-7,13H,1,8-12H2. The smallest absolute Gasteiger partial charge is 0.223 e. The molecule has 0 spiro atoms. The Morgan fingerprint density at radius 1 is 1.39 bits per heavy atom. The molecule has 1 heterocycles.